The van der Waals surface area contributed by atoms with Crippen molar-refractivity contribution in [3.63, 3.8) is 0 Å². The molecule has 52 heavy (non-hydrogen) atoms. The summed E-state index contributed by atoms with van der Waals surface area (Å²) in [7, 11) is 0. The van der Waals surface area contributed by atoms with Gasteiger partial charge in [0.05, 0.1) is 0 Å². The lowest BCUT2D eigenvalue weighted by Crippen LogP contribution is -2.30. The van der Waals surface area contributed by atoms with E-state index in [0.29, 0.717) is 19.3 Å². The molecule has 6 nitrogen and oxygen atoms in total. The second-order valence-electron chi connectivity index (χ2n) is 13.9. The average molecular weight is 727 g/mol. The maximum atomic E-state index is 12.7. The van der Waals surface area contributed by atoms with E-state index in [1.54, 1.807) is 0 Å². The summed E-state index contributed by atoms with van der Waals surface area (Å²) < 4.78 is 16.6. The van der Waals surface area contributed by atoms with Crippen LogP contribution in [0.25, 0.3) is 0 Å². The van der Waals surface area contributed by atoms with Crippen molar-refractivity contribution in [2.75, 3.05) is 13.2 Å². The van der Waals surface area contributed by atoms with Crippen LogP contribution < -0.4 is 0 Å². The Morgan fingerprint density at radius 1 is 0.404 bits per heavy atom. The van der Waals surface area contributed by atoms with Crippen molar-refractivity contribution in [3.05, 3.63) is 60.8 Å². The van der Waals surface area contributed by atoms with Crippen LogP contribution in [0.5, 0.6) is 0 Å². The number of carbonyl (C=O) groups is 3. The van der Waals surface area contributed by atoms with E-state index in [2.05, 4.69) is 69.4 Å². The van der Waals surface area contributed by atoms with Crippen molar-refractivity contribution in [2.45, 2.75) is 200 Å². The molecular weight excluding hydrogens is 648 g/mol. The molecular formula is C46H78O6. The van der Waals surface area contributed by atoms with Crippen molar-refractivity contribution in [2.24, 2.45) is 0 Å². The summed E-state index contributed by atoms with van der Waals surface area (Å²) in [4.78, 5) is 37.5. The molecule has 1 unspecified atom stereocenters. The molecule has 0 saturated heterocycles. The average Bonchev–Trinajstić information content (AvgIpc) is 3.14. The number of esters is 3. The largest absolute Gasteiger partial charge is 0.462 e. The molecule has 0 radical (unpaired) electrons. The lowest BCUT2D eigenvalue weighted by atomic mass is 10.1. The van der Waals surface area contributed by atoms with Crippen molar-refractivity contribution in [1.29, 1.82) is 0 Å². The topological polar surface area (TPSA) is 78.9 Å². The maximum Gasteiger partial charge on any atom is 0.306 e. The highest BCUT2D eigenvalue weighted by molar-refractivity contribution is 5.71. The molecule has 0 saturated carbocycles. The lowest BCUT2D eigenvalue weighted by molar-refractivity contribution is -0.166. The third-order valence-corrected chi connectivity index (χ3v) is 8.75. The zero-order valence-corrected chi connectivity index (χ0v) is 33.8. The minimum Gasteiger partial charge on any atom is -0.462 e. The first-order valence-corrected chi connectivity index (χ1v) is 21.3. The van der Waals surface area contributed by atoms with Crippen LogP contribution in [0.15, 0.2) is 60.8 Å². The van der Waals surface area contributed by atoms with Crippen LogP contribution >= 0.6 is 0 Å². The van der Waals surface area contributed by atoms with Gasteiger partial charge in [0.2, 0.25) is 0 Å². The third-order valence-electron chi connectivity index (χ3n) is 8.75. The molecule has 6 heteroatoms. The molecule has 0 aromatic heterocycles. The molecule has 0 aromatic rings. The van der Waals surface area contributed by atoms with Crippen LogP contribution in [0.4, 0.5) is 0 Å². The van der Waals surface area contributed by atoms with Crippen LogP contribution in [0.2, 0.25) is 0 Å². The Morgan fingerprint density at radius 3 is 1.37 bits per heavy atom. The lowest BCUT2D eigenvalue weighted by Gasteiger charge is -2.18. The van der Waals surface area contributed by atoms with Crippen molar-refractivity contribution in [3.8, 4) is 0 Å². The predicted molar refractivity (Wildman–Crippen MR) is 219 cm³/mol. The molecule has 0 heterocycles. The standard InChI is InChI=1S/C46H78O6/c1-4-7-10-13-16-19-22-23-25-27-30-33-36-39-45(48)51-42-43(41-50-44(47)38-35-32-29-26-21-18-15-12-9-6-3)52-46(49)40-37-34-31-28-24-20-17-14-11-8-5-2/h7,10,12,15-16,19,23,25,30,33,43H,4-6,8-9,11,13-14,17-18,20-22,24,26-29,31-32,34-42H2,1-3H3/b10-7-,15-12-,19-16-,25-23-,33-30-. The Morgan fingerprint density at radius 2 is 0.827 bits per heavy atom. The Hall–Kier alpha value is -2.89. The Balaban J connectivity index is 4.49. The summed E-state index contributed by atoms with van der Waals surface area (Å²) in [5.74, 6) is -1.00. The van der Waals surface area contributed by atoms with E-state index >= 15 is 0 Å². The highest BCUT2D eigenvalue weighted by atomic mass is 16.6. The molecule has 0 bridgehead atoms. The summed E-state index contributed by atoms with van der Waals surface area (Å²) in [5, 5.41) is 0. The normalized spacial score (nSPS) is 12.6. The summed E-state index contributed by atoms with van der Waals surface area (Å²) >= 11 is 0. The molecule has 0 spiro atoms. The first-order valence-electron chi connectivity index (χ1n) is 21.3. The fraction of sp³-hybridized carbons (Fsp3) is 0.717. The van der Waals surface area contributed by atoms with Crippen molar-refractivity contribution in [1.82, 2.24) is 0 Å². The molecule has 0 aliphatic rings. The number of hydrogen-bond donors (Lipinski definition) is 0. The second-order valence-corrected chi connectivity index (χ2v) is 13.9. The molecule has 0 amide bonds. The molecule has 0 aliphatic carbocycles. The van der Waals surface area contributed by atoms with Gasteiger partial charge in [0.15, 0.2) is 6.10 Å². The quantitative estimate of drug-likeness (QED) is 0.0274. The minimum atomic E-state index is -0.800. The van der Waals surface area contributed by atoms with Gasteiger partial charge in [0.25, 0.3) is 0 Å². The molecule has 0 N–H and O–H groups in total. The number of carbonyl (C=O) groups excluding carboxylic acids is 3. The van der Waals surface area contributed by atoms with Crippen LogP contribution in [0, 0.1) is 0 Å². The van der Waals surface area contributed by atoms with Crippen LogP contribution in [0.3, 0.4) is 0 Å². The van der Waals surface area contributed by atoms with Gasteiger partial charge in [-0.15, -0.1) is 0 Å². The second kappa shape index (κ2) is 40.9. The fourth-order valence-corrected chi connectivity index (χ4v) is 5.57. The van der Waals surface area contributed by atoms with E-state index in [-0.39, 0.29) is 37.5 Å². The highest BCUT2D eigenvalue weighted by Crippen LogP contribution is 2.13. The maximum absolute atomic E-state index is 12.7. The van der Waals surface area contributed by atoms with Crippen LogP contribution in [-0.4, -0.2) is 37.2 Å². The predicted octanol–water partition coefficient (Wildman–Crippen LogP) is 13.4. The molecule has 1 atom stereocenters. The van der Waals surface area contributed by atoms with Crippen molar-refractivity contribution < 1.29 is 28.6 Å². The molecule has 0 aromatic carbocycles. The third kappa shape index (κ3) is 38.3. The summed E-state index contributed by atoms with van der Waals surface area (Å²) in [5.41, 5.74) is 0. The molecule has 0 rings (SSSR count). The first kappa shape index (κ1) is 49.1. The van der Waals surface area contributed by atoms with E-state index in [1.165, 1.54) is 64.2 Å². The van der Waals surface area contributed by atoms with E-state index in [9.17, 15) is 14.4 Å². The molecule has 0 aliphatic heterocycles. The van der Waals surface area contributed by atoms with Gasteiger partial charge < -0.3 is 14.2 Å². The van der Waals surface area contributed by atoms with Gasteiger partial charge in [0, 0.05) is 19.3 Å². The Kier molecular flexibility index (Phi) is 38.6. The molecule has 0 fully saturated rings. The van der Waals surface area contributed by atoms with Gasteiger partial charge in [-0.3, -0.25) is 14.4 Å². The van der Waals surface area contributed by atoms with Gasteiger partial charge in [-0.1, -0.05) is 171 Å². The number of rotatable bonds is 37. The van der Waals surface area contributed by atoms with Crippen LogP contribution in [0.1, 0.15) is 194 Å². The number of ether oxygens (including phenoxy) is 3. The summed E-state index contributed by atoms with van der Waals surface area (Å²) in [6, 6.07) is 0. The molecule has 298 valence electrons. The fourth-order valence-electron chi connectivity index (χ4n) is 5.57. The first-order chi connectivity index (χ1) is 25.5. The van der Waals surface area contributed by atoms with Gasteiger partial charge in [-0.05, 0) is 64.2 Å². The van der Waals surface area contributed by atoms with E-state index in [1.807, 2.05) is 12.2 Å². The van der Waals surface area contributed by atoms with Gasteiger partial charge >= 0.3 is 17.9 Å². The highest BCUT2D eigenvalue weighted by Gasteiger charge is 2.19. The van der Waals surface area contributed by atoms with Crippen LogP contribution in [-0.2, 0) is 28.6 Å². The zero-order chi connectivity index (χ0) is 38.0. The number of allylic oxidation sites excluding steroid dienone is 10. The van der Waals surface area contributed by atoms with Gasteiger partial charge in [-0.2, -0.15) is 0 Å². The monoisotopic (exact) mass is 727 g/mol. The van der Waals surface area contributed by atoms with Gasteiger partial charge in [-0.25, -0.2) is 0 Å². The van der Waals surface area contributed by atoms with Gasteiger partial charge in [0.1, 0.15) is 13.2 Å². The minimum absolute atomic E-state index is 0.100. The SMILES string of the molecule is CC/C=C\C/C=C\C/C=C\C/C=C\CCC(=O)OCC(COC(=O)CCCCCCC/C=C\CCC)OC(=O)CCCCCCCCCCCCC. The Labute approximate surface area is 320 Å². The Bertz CT molecular complexity index is 975. The zero-order valence-electron chi connectivity index (χ0n) is 33.8. The van der Waals surface area contributed by atoms with E-state index < -0.39 is 6.10 Å². The smallest absolute Gasteiger partial charge is 0.306 e. The summed E-state index contributed by atoms with van der Waals surface area (Å²) in [6.45, 7) is 6.35. The summed E-state index contributed by atoms with van der Waals surface area (Å²) in [6.07, 6.45) is 47.9. The van der Waals surface area contributed by atoms with Crippen molar-refractivity contribution >= 4 is 17.9 Å². The number of unbranched alkanes of at least 4 members (excludes halogenated alkanes) is 16. The number of hydrogen-bond acceptors (Lipinski definition) is 6. The van der Waals surface area contributed by atoms with E-state index in [4.69, 9.17) is 14.2 Å². The van der Waals surface area contributed by atoms with E-state index in [0.717, 1.165) is 83.5 Å².